The molecule has 3 heteroatoms. The lowest BCUT2D eigenvalue weighted by atomic mass is 9.91. The van der Waals surface area contributed by atoms with Crippen LogP contribution in [-0.2, 0) is 16.0 Å². The van der Waals surface area contributed by atoms with Gasteiger partial charge in [0, 0.05) is 19.2 Å². The maximum absolute atomic E-state index is 12.3. The van der Waals surface area contributed by atoms with Crippen LogP contribution in [0.4, 0.5) is 5.69 Å². The number of benzene rings is 1. The molecule has 0 aliphatic carbocycles. The summed E-state index contributed by atoms with van der Waals surface area (Å²) in [6.07, 6.45) is 3.05. The Morgan fingerprint density at radius 2 is 2.28 bits per heavy atom. The van der Waals surface area contributed by atoms with Crippen molar-refractivity contribution in [3.63, 3.8) is 0 Å². The number of fused-ring (bicyclic) bond motifs is 1. The number of ether oxygens (including phenoxy) is 1. The maximum atomic E-state index is 12.3. The van der Waals surface area contributed by atoms with Crippen molar-refractivity contribution < 1.29 is 9.53 Å². The zero-order chi connectivity index (χ0) is 13.2. The molecule has 2 rings (SSSR count). The third kappa shape index (κ3) is 1.80. The van der Waals surface area contributed by atoms with E-state index in [1.54, 1.807) is 6.08 Å². The summed E-state index contributed by atoms with van der Waals surface area (Å²) in [6.45, 7) is 5.87. The lowest BCUT2D eigenvalue weighted by Crippen LogP contribution is -2.52. The quantitative estimate of drug-likeness (QED) is 0.603. The molecule has 0 radical (unpaired) electrons. The molecule has 3 nitrogen and oxygen atoms in total. The van der Waals surface area contributed by atoms with E-state index in [2.05, 4.69) is 12.6 Å². The zero-order valence-corrected chi connectivity index (χ0v) is 11.0. The van der Waals surface area contributed by atoms with Crippen LogP contribution < -0.4 is 4.90 Å². The highest BCUT2D eigenvalue weighted by molar-refractivity contribution is 5.88. The highest BCUT2D eigenvalue weighted by Gasteiger charge is 2.47. The molecule has 96 valence electrons. The van der Waals surface area contributed by atoms with Crippen LogP contribution >= 0.6 is 0 Å². The summed E-state index contributed by atoms with van der Waals surface area (Å²) in [7, 11) is 1.96. The second-order valence-corrected chi connectivity index (χ2v) is 4.64. The molecule has 0 aromatic heterocycles. The van der Waals surface area contributed by atoms with Crippen LogP contribution in [-0.4, -0.2) is 25.2 Å². The molecular weight excluding hydrogens is 226 g/mol. The standard InChI is InChI=1S/C15H19NO2/c1-4-10-18-14(17)15(5-2)11-12-8-6-7-9-13(12)16(15)3/h4,6-9H,1,5,10-11H2,2-3H3. The van der Waals surface area contributed by atoms with Gasteiger partial charge in [0.25, 0.3) is 0 Å². The monoisotopic (exact) mass is 245 g/mol. The smallest absolute Gasteiger partial charge is 0.332 e. The molecule has 0 saturated heterocycles. The fraction of sp³-hybridized carbons (Fsp3) is 0.400. The van der Waals surface area contributed by atoms with Gasteiger partial charge in [-0.1, -0.05) is 37.8 Å². The normalized spacial score (nSPS) is 21.6. The predicted octanol–water partition coefficient (Wildman–Crippen LogP) is 2.56. The molecule has 1 aliphatic heterocycles. The van der Waals surface area contributed by atoms with Gasteiger partial charge in [0.1, 0.15) is 12.1 Å². The fourth-order valence-corrected chi connectivity index (χ4v) is 2.64. The first-order valence-corrected chi connectivity index (χ1v) is 6.25. The van der Waals surface area contributed by atoms with Gasteiger partial charge in [-0.15, -0.1) is 0 Å². The number of carbonyl (C=O) groups excluding carboxylic acids is 1. The van der Waals surface area contributed by atoms with Gasteiger partial charge < -0.3 is 9.64 Å². The topological polar surface area (TPSA) is 29.5 Å². The largest absolute Gasteiger partial charge is 0.460 e. The van der Waals surface area contributed by atoms with E-state index in [-0.39, 0.29) is 12.6 Å². The number of carbonyl (C=O) groups is 1. The Balaban J connectivity index is 2.31. The van der Waals surface area contributed by atoms with Crippen molar-refractivity contribution in [1.82, 2.24) is 0 Å². The molecule has 18 heavy (non-hydrogen) atoms. The number of hydrogen-bond acceptors (Lipinski definition) is 3. The SMILES string of the molecule is C=CCOC(=O)C1(CC)Cc2ccccc2N1C. The Kier molecular flexibility index (Phi) is 3.41. The van der Waals surface area contributed by atoms with Gasteiger partial charge in [-0.25, -0.2) is 4.79 Å². The second kappa shape index (κ2) is 4.84. The first-order valence-electron chi connectivity index (χ1n) is 6.25. The summed E-state index contributed by atoms with van der Waals surface area (Å²) < 4.78 is 5.27. The minimum atomic E-state index is -0.563. The fourth-order valence-electron chi connectivity index (χ4n) is 2.64. The molecule has 1 aromatic rings. The van der Waals surface area contributed by atoms with E-state index in [0.717, 1.165) is 12.1 Å². The highest BCUT2D eigenvalue weighted by atomic mass is 16.5. The minimum Gasteiger partial charge on any atom is -0.460 e. The van der Waals surface area contributed by atoms with E-state index < -0.39 is 5.54 Å². The van der Waals surface area contributed by atoms with Gasteiger partial charge in [-0.3, -0.25) is 0 Å². The van der Waals surface area contributed by atoms with Crippen LogP contribution in [0.15, 0.2) is 36.9 Å². The van der Waals surface area contributed by atoms with Crippen molar-refractivity contribution in [1.29, 1.82) is 0 Å². The predicted molar refractivity (Wildman–Crippen MR) is 72.7 cm³/mol. The first-order chi connectivity index (χ1) is 8.65. The molecule has 0 spiro atoms. The maximum Gasteiger partial charge on any atom is 0.332 e. The van der Waals surface area contributed by atoms with Crippen LogP contribution in [0.1, 0.15) is 18.9 Å². The molecule has 0 bridgehead atoms. The molecule has 0 N–H and O–H groups in total. The van der Waals surface area contributed by atoms with E-state index in [9.17, 15) is 4.79 Å². The molecule has 0 fully saturated rings. The van der Waals surface area contributed by atoms with E-state index in [4.69, 9.17) is 4.74 Å². The Morgan fingerprint density at radius 1 is 1.56 bits per heavy atom. The number of nitrogens with zero attached hydrogens (tertiary/aromatic N) is 1. The molecule has 1 atom stereocenters. The van der Waals surface area contributed by atoms with E-state index in [0.29, 0.717) is 6.42 Å². The summed E-state index contributed by atoms with van der Waals surface area (Å²) in [6, 6.07) is 8.13. The molecule has 0 amide bonds. The number of rotatable bonds is 4. The average molecular weight is 245 g/mol. The second-order valence-electron chi connectivity index (χ2n) is 4.64. The molecule has 1 unspecified atom stereocenters. The lowest BCUT2D eigenvalue weighted by molar-refractivity contribution is -0.148. The number of likely N-dealkylation sites (N-methyl/N-ethyl adjacent to an activating group) is 1. The van der Waals surface area contributed by atoms with Crippen LogP contribution in [0.25, 0.3) is 0 Å². The number of esters is 1. The number of para-hydroxylation sites is 1. The average Bonchev–Trinajstić information content (AvgIpc) is 2.70. The van der Waals surface area contributed by atoms with Crippen LogP contribution in [0.3, 0.4) is 0 Å². The van der Waals surface area contributed by atoms with Crippen molar-refractivity contribution in [3.05, 3.63) is 42.5 Å². The molecule has 0 saturated carbocycles. The number of anilines is 1. The van der Waals surface area contributed by atoms with Gasteiger partial charge in [0.2, 0.25) is 0 Å². The van der Waals surface area contributed by atoms with Gasteiger partial charge in [-0.05, 0) is 18.1 Å². The summed E-state index contributed by atoms with van der Waals surface area (Å²) in [5.41, 5.74) is 1.76. The van der Waals surface area contributed by atoms with Crippen LogP contribution in [0.2, 0.25) is 0 Å². The van der Waals surface area contributed by atoms with Crippen molar-refractivity contribution in [2.75, 3.05) is 18.6 Å². The molecule has 1 aliphatic rings. The van der Waals surface area contributed by atoms with Gasteiger partial charge >= 0.3 is 5.97 Å². The van der Waals surface area contributed by atoms with E-state index in [1.165, 1.54) is 5.56 Å². The van der Waals surface area contributed by atoms with Crippen LogP contribution in [0, 0.1) is 0 Å². The molecule has 1 aromatic carbocycles. The zero-order valence-electron chi connectivity index (χ0n) is 11.0. The minimum absolute atomic E-state index is 0.163. The Bertz CT molecular complexity index is 469. The Morgan fingerprint density at radius 3 is 2.89 bits per heavy atom. The lowest BCUT2D eigenvalue weighted by Gasteiger charge is -2.34. The van der Waals surface area contributed by atoms with Crippen molar-refractivity contribution in [2.45, 2.75) is 25.3 Å². The first kappa shape index (κ1) is 12.7. The van der Waals surface area contributed by atoms with E-state index >= 15 is 0 Å². The van der Waals surface area contributed by atoms with Gasteiger partial charge in [-0.2, -0.15) is 0 Å². The highest BCUT2D eigenvalue weighted by Crippen LogP contribution is 2.40. The van der Waals surface area contributed by atoms with Crippen LogP contribution in [0.5, 0.6) is 0 Å². The van der Waals surface area contributed by atoms with Crippen molar-refractivity contribution in [3.8, 4) is 0 Å². The summed E-state index contributed by atoms with van der Waals surface area (Å²) in [4.78, 5) is 14.4. The Labute approximate surface area is 108 Å². The van der Waals surface area contributed by atoms with Gasteiger partial charge in [0.15, 0.2) is 0 Å². The third-order valence-corrected chi connectivity index (χ3v) is 3.78. The summed E-state index contributed by atoms with van der Waals surface area (Å²) in [5.74, 6) is -0.163. The third-order valence-electron chi connectivity index (χ3n) is 3.78. The van der Waals surface area contributed by atoms with E-state index in [1.807, 2.05) is 37.1 Å². The molecule has 1 heterocycles. The van der Waals surface area contributed by atoms with Crippen molar-refractivity contribution >= 4 is 11.7 Å². The molecular formula is C15H19NO2. The van der Waals surface area contributed by atoms with Gasteiger partial charge in [0.05, 0.1) is 0 Å². The Hall–Kier alpha value is -1.77. The van der Waals surface area contributed by atoms with Crippen molar-refractivity contribution in [2.24, 2.45) is 0 Å². The summed E-state index contributed by atoms with van der Waals surface area (Å²) >= 11 is 0. The number of hydrogen-bond donors (Lipinski definition) is 0. The summed E-state index contributed by atoms with van der Waals surface area (Å²) in [5, 5.41) is 0.